The molecule has 1 saturated carbocycles. The summed E-state index contributed by atoms with van der Waals surface area (Å²) in [5.74, 6) is 3.27. The third-order valence-corrected chi connectivity index (χ3v) is 4.80. The summed E-state index contributed by atoms with van der Waals surface area (Å²) in [7, 11) is 0. The number of hydrogen-bond acceptors (Lipinski definition) is 2. The summed E-state index contributed by atoms with van der Waals surface area (Å²) >= 11 is 2.11. The zero-order chi connectivity index (χ0) is 12.1. The molecule has 0 aromatic carbocycles. The SMILES string of the molecule is CCNC(=NCC1CC1)N1CCSC(CC)C1.I. The van der Waals surface area contributed by atoms with E-state index in [4.69, 9.17) is 4.99 Å². The van der Waals surface area contributed by atoms with Gasteiger partial charge in [-0.2, -0.15) is 11.8 Å². The lowest BCUT2D eigenvalue weighted by Crippen LogP contribution is -2.48. The molecule has 0 spiro atoms. The standard InChI is InChI=1S/C13H25N3S.HI/c1-3-12-10-16(7-8-17-12)13(14-4-2)15-9-11-5-6-11;/h11-12H,3-10H2,1-2H3,(H,14,15);1H. The molecule has 5 heteroatoms. The third kappa shape index (κ3) is 5.15. The van der Waals surface area contributed by atoms with E-state index < -0.39 is 0 Å². The van der Waals surface area contributed by atoms with Crippen molar-refractivity contribution in [3.05, 3.63) is 0 Å². The quantitative estimate of drug-likeness (QED) is 0.460. The van der Waals surface area contributed by atoms with Crippen LogP contribution in [0.4, 0.5) is 0 Å². The highest BCUT2D eigenvalue weighted by Crippen LogP contribution is 2.29. The average molecular weight is 383 g/mol. The van der Waals surface area contributed by atoms with Crippen molar-refractivity contribution in [2.75, 3.05) is 31.9 Å². The van der Waals surface area contributed by atoms with Crippen molar-refractivity contribution < 1.29 is 0 Å². The van der Waals surface area contributed by atoms with Gasteiger partial charge in [0.05, 0.1) is 0 Å². The molecule has 2 fully saturated rings. The molecule has 3 nitrogen and oxygen atoms in total. The summed E-state index contributed by atoms with van der Waals surface area (Å²) in [6, 6.07) is 0. The van der Waals surface area contributed by atoms with E-state index in [-0.39, 0.29) is 24.0 Å². The van der Waals surface area contributed by atoms with E-state index in [2.05, 4.69) is 35.8 Å². The number of rotatable bonds is 4. The molecule has 0 radical (unpaired) electrons. The van der Waals surface area contributed by atoms with Crippen molar-refractivity contribution in [3.63, 3.8) is 0 Å². The Morgan fingerprint density at radius 3 is 2.78 bits per heavy atom. The van der Waals surface area contributed by atoms with Crippen LogP contribution < -0.4 is 5.32 Å². The summed E-state index contributed by atoms with van der Waals surface area (Å²) in [6.07, 6.45) is 4.04. The van der Waals surface area contributed by atoms with Gasteiger partial charge in [0.15, 0.2) is 5.96 Å². The molecule has 18 heavy (non-hydrogen) atoms. The summed E-state index contributed by atoms with van der Waals surface area (Å²) < 4.78 is 0. The van der Waals surface area contributed by atoms with Crippen molar-refractivity contribution in [2.24, 2.45) is 10.9 Å². The Balaban J connectivity index is 0.00000162. The molecule has 1 aliphatic heterocycles. The molecule has 106 valence electrons. The van der Waals surface area contributed by atoms with Crippen LogP contribution in [0.3, 0.4) is 0 Å². The highest BCUT2D eigenvalue weighted by Gasteiger charge is 2.24. The highest BCUT2D eigenvalue weighted by atomic mass is 127. The Kier molecular flexibility index (Phi) is 7.75. The fourth-order valence-corrected chi connectivity index (χ4v) is 3.28. The van der Waals surface area contributed by atoms with Gasteiger partial charge in [-0.1, -0.05) is 6.92 Å². The van der Waals surface area contributed by atoms with Crippen LogP contribution in [-0.4, -0.2) is 48.0 Å². The molecule has 2 rings (SSSR count). The van der Waals surface area contributed by atoms with Gasteiger partial charge < -0.3 is 10.2 Å². The molecule has 1 heterocycles. The lowest BCUT2D eigenvalue weighted by molar-refractivity contribution is 0.408. The van der Waals surface area contributed by atoms with Crippen molar-refractivity contribution >= 4 is 41.7 Å². The second-order valence-corrected chi connectivity index (χ2v) is 6.39. The van der Waals surface area contributed by atoms with Gasteiger partial charge in [-0.3, -0.25) is 4.99 Å². The lowest BCUT2D eigenvalue weighted by atomic mass is 10.3. The summed E-state index contributed by atoms with van der Waals surface area (Å²) in [5.41, 5.74) is 0. The molecule has 1 N–H and O–H groups in total. The van der Waals surface area contributed by atoms with E-state index in [1.165, 1.54) is 25.0 Å². The predicted molar refractivity (Wildman–Crippen MR) is 92.2 cm³/mol. The number of aliphatic imine (C=N–C) groups is 1. The van der Waals surface area contributed by atoms with Gasteiger partial charge in [0.25, 0.3) is 0 Å². The first kappa shape index (κ1) is 16.4. The van der Waals surface area contributed by atoms with Gasteiger partial charge in [-0.15, -0.1) is 24.0 Å². The van der Waals surface area contributed by atoms with Gasteiger partial charge in [0.1, 0.15) is 0 Å². The Hall–Kier alpha value is 0.350. The largest absolute Gasteiger partial charge is 0.357 e. The van der Waals surface area contributed by atoms with E-state index in [9.17, 15) is 0 Å². The maximum atomic E-state index is 4.79. The smallest absolute Gasteiger partial charge is 0.193 e. The minimum atomic E-state index is 0. The topological polar surface area (TPSA) is 27.6 Å². The minimum absolute atomic E-state index is 0. The van der Waals surface area contributed by atoms with Crippen molar-refractivity contribution in [1.29, 1.82) is 0 Å². The first-order valence-corrected chi connectivity index (χ1v) is 8.03. The molecular formula is C13H26IN3S. The molecule has 1 aliphatic carbocycles. The number of nitrogens with one attached hydrogen (secondary N) is 1. The van der Waals surface area contributed by atoms with E-state index >= 15 is 0 Å². The molecule has 1 unspecified atom stereocenters. The van der Waals surface area contributed by atoms with Crippen LogP contribution >= 0.6 is 35.7 Å². The summed E-state index contributed by atoms with van der Waals surface area (Å²) in [5, 5.41) is 4.23. The van der Waals surface area contributed by atoms with Crippen LogP contribution in [-0.2, 0) is 0 Å². The van der Waals surface area contributed by atoms with Gasteiger partial charge in [-0.25, -0.2) is 0 Å². The Bertz CT molecular complexity index is 269. The molecule has 0 amide bonds. The van der Waals surface area contributed by atoms with Crippen LogP contribution in [0.1, 0.15) is 33.1 Å². The molecule has 0 bridgehead atoms. The van der Waals surface area contributed by atoms with E-state index in [1.807, 2.05) is 0 Å². The summed E-state index contributed by atoms with van der Waals surface area (Å²) in [4.78, 5) is 7.24. The minimum Gasteiger partial charge on any atom is -0.357 e. The van der Waals surface area contributed by atoms with Crippen molar-refractivity contribution in [2.45, 2.75) is 38.4 Å². The number of thioether (sulfide) groups is 1. The highest BCUT2D eigenvalue weighted by molar-refractivity contribution is 14.0. The molecule has 0 aromatic rings. The number of halogens is 1. The number of hydrogen-bond donors (Lipinski definition) is 1. The molecular weight excluding hydrogens is 357 g/mol. The molecule has 1 atom stereocenters. The fourth-order valence-electron chi connectivity index (χ4n) is 2.10. The van der Waals surface area contributed by atoms with E-state index in [0.29, 0.717) is 0 Å². The van der Waals surface area contributed by atoms with Gasteiger partial charge >= 0.3 is 0 Å². The number of guanidine groups is 1. The van der Waals surface area contributed by atoms with Gasteiger partial charge in [-0.05, 0) is 32.1 Å². The maximum absolute atomic E-state index is 4.79. The first-order chi connectivity index (χ1) is 8.33. The van der Waals surface area contributed by atoms with Crippen LogP contribution in [0, 0.1) is 5.92 Å². The molecule has 0 aromatic heterocycles. The Morgan fingerprint density at radius 1 is 1.39 bits per heavy atom. The summed E-state index contributed by atoms with van der Waals surface area (Å²) in [6.45, 7) is 8.76. The average Bonchev–Trinajstić information content (AvgIpc) is 3.18. The van der Waals surface area contributed by atoms with E-state index in [1.54, 1.807) is 0 Å². The van der Waals surface area contributed by atoms with Gasteiger partial charge in [0, 0.05) is 37.2 Å². The van der Waals surface area contributed by atoms with Gasteiger partial charge in [0.2, 0.25) is 0 Å². The third-order valence-electron chi connectivity index (χ3n) is 3.42. The zero-order valence-electron chi connectivity index (χ0n) is 11.5. The monoisotopic (exact) mass is 383 g/mol. The second kappa shape index (κ2) is 8.51. The zero-order valence-corrected chi connectivity index (χ0v) is 14.7. The predicted octanol–water partition coefficient (Wildman–Crippen LogP) is 2.81. The normalized spacial score (nSPS) is 24.7. The van der Waals surface area contributed by atoms with Crippen LogP contribution in [0.15, 0.2) is 4.99 Å². The fraction of sp³-hybridized carbons (Fsp3) is 0.923. The lowest BCUT2D eigenvalue weighted by Gasteiger charge is -2.34. The Morgan fingerprint density at radius 2 is 2.17 bits per heavy atom. The van der Waals surface area contributed by atoms with E-state index in [0.717, 1.165) is 43.3 Å². The van der Waals surface area contributed by atoms with Crippen LogP contribution in [0.2, 0.25) is 0 Å². The molecule has 1 saturated heterocycles. The first-order valence-electron chi connectivity index (χ1n) is 6.98. The maximum Gasteiger partial charge on any atom is 0.193 e. The van der Waals surface area contributed by atoms with Crippen molar-refractivity contribution in [1.82, 2.24) is 10.2 Å². The second-order valence-electron chi connectivity index (χ2n) is 4.99. The Labute approximate surface area is 133 Å². The molecule has 2 aliphatic rings. The van der Waals surface area contributed by atoms with Crippen molar-refractivity contribution in [3.8, 4) is 0 Å². The number of nitrogens with zero attached hydrogens (tertiary/aromatic N) is 2. The van der Waals surface area contributed by atoms with Crippen LogP contribution in [0.25, 0.3) is 0 Å². The van der Waals surface area contributed by atoms with Crippen LogP contribution in [0.5, 0.6) is 0 Å².